The number of imide groups is 2. The van der Waals surface area contributed by atoms with Crippen LogP contribution in [0.4, 0.5) is 0 Å². The van der Waals surface area contributed by atoms with E-state index in [1.807, 2.05) is 0 Å². The smallest absolute Gasteiger partial charge is 0.266 e. The van der Waals surface area contributed by atoms with E-state index in [1.54, 1.807) is 6.20 Å². The summed E-state index contributed by atoms with van der Waals surface area (Å²) < 4.78 is 0. The van der Waals surface area contributed by atoms with E-state index in [2.05, 4.69) is 15.5 Å². The fourth-order valence-corrected chi connectivity index (χ4v) is 3.17. The Morgan fingerprint density at radius 2 is 1.88 bits per heavy atom. The number of rotatable bonds is 2. The zero-order chi connectivity index (χ0) is 17.7. The number of phenols is 1. The molecule has 0 saturated carbocycles. The second kappa shape index (κ2) is 5.26. The van der Waals surface area contributed by atoms with Crippen LogP contribution in [0, 0.1) is 0 Å². The Morgan fingerprint density at radius 1 is 1.12 bits per heavy atom. The molecule has 1 saturated heterocycles. The molecule has 2 aromatic rings. The Bertz CT molecular complexity index is 934. The number of piperidine rings is 1. The van der Waals surface area contributed by atoms with Crippen molar-refractivity contribution in [3.05, 3.63) is 35.7 Å². The van der Waals surface area contributed by atoms with E-state index in [1.165, 1.54) is 18.3 Å². The van der Waals surface area contributed by atoms with Crippen molar-refractivity contribution in [2.75, 3.05) is 0 Å². The van der Waals surface area contributed by atoms with E-state index in [9.17, 15) is 24.3 Å². The van der Waals surface area contributed by atoms with Gasteiger partial charge in [0, 0.05) is 23.7 Å². The van der Waals surface area contributed by atoms with Gasteiger partial charge in [0.15, 0.2) is 0 Å². The third-order valence-electron chi connectivity index (χ3n) is 4.39. The zero-order valence-electron chi connectivity index (χ0n) is 12.8. The maximum atomic E-state index is 12.7. The second-order valence-corrected chi connectivity index (χ2v) is 5.82. The van der Waals surface area contributed by atoms with Crippen molar-refractivity contribution in [2.45, 2.75) is 18.9 Å². The van der Waals surface area contributed by atoms with E-state index >= 15 is 0 Å². The lowest BCUT2D eigenvalue weighted by Crippen LogP contribution is -2.54. The molecule has 0 bridgehead atoms. The third kappa shape index (κ3) is 2.12. The first-order valence-electron chi connectivity index (χ1n) is 7.55. The van der Waals surface area contributed by atoms with Crippen LogP contribution >= 0.6 is 0 Å². The van der Waals surface area contributed by atoms with Crippen LogP contribution in [0.5, 0.6) is 5.75 Å². The van der Waals surface area contributed by atoms with Gasteiger partial charge < -0.3 is 5.11 Å². The number of amides is 4. The Hall–Kier alpha value is -3.49. The molecule has 0 aliphatic carbocycles. The summed E-state index contributed by atoms with van der Waals surface area (Å²) in [5.41, 5.74) is 0.784. The number of nitrogens with zero attached hydrogens (tertiary/aromatic N) is 2. The molecule has 0 radical (unpaired) electrons. The minimum atomic E-state index is -1.07. The minimum absolute atomic E-state index is 0.0273. The van der Waals surface area contributed by atoms with Gasteiger partial charge in [0.2, 0.25) is 11.8 Å². The molecule has 2 aliphatic rings. The molecule has 3 N–H and O–H groups in total. The number of fused-ring (bicyclic) bond motifs is 1. The average Bonchev–Trinajstić information content (AvgIpc) is 3.17. The minimum Gasteiger partial charge on any atom is -0.506 e. The van der Waals surface area contributed by atoms with Crippen LogP contribution < -0.4 is 5.32 Å². The number of hydrogen-bond acceptors (Lipinski definition) is 6. The van der Waals surface area contributed by atoms with Gasteiger partial charge in [0.05, 0.1) is 17.3 Å². The fraction of sp³-hybridized carbons (Fsp3) is 0.188. The molecule has 3 heterocycles. The number of aromatic hydroxyl groups is 1. The summed E-state index contributed by atoms with van der Waals surface area (Å²) in [7, 11) is 0. The van der Waals surface area contributed by atoms with Crippen LogP contribution in [0.25, 0.3) is 11.1 Å². The van der Waals surface area contributed by atoms with Crippen molar-refractivity contribution in [3.8, 4) is 16.9 Å². The number of H-pyrrole nitrogens is 1. The number of carbonyl (C=O) groups excluding carboxylic acids is 4. The molecule has 1 fully saturated rings. The number of aromatic nitrogens is 2. The van der Waals surface area contributed by atoms with E-state index in [-0.39, 0.29) is 29.7 Å². The predicted octanol–water partition coefficient (Wildman–Crippen LogP) is 0.183. The van der Waals surface area contributed by atoms with Crippen molar-refractivity contribution in [3.63, 3.8) is 0 Å². The van der Waals surface area contributed by atoms with E-state index in [4.69, 9.17) is 0 Å². The van der Waals surface area contributed by atoms with Gasteiger partial charge in [-0.05, 0) is 18.6 Å². The molecule has 0 spiro atoms. The topological polar surface area (TPSA) is 132 Å². The van der Waals surface area contributed by atoms with Gasteiger partial charge >= 0.3 is 0 Å². The lowest BCUT2D eigenvalue weighted by Gasteiger charge is -2.27. The van der Waals surface area contributed by atoms with E-state index in [0.29, 0.717) is 11.1 Å². The van der Waals surface area contributed by atoms with Crippen LogP contribution in [0.15, 0.2) is 24.5 Å². The Balaban J connectivity index is 1.76. The summed E-state index contributed by atoms with van der Waals surface area (Å²) in [6, 6.07) is 1.88. The molecule has 4 rings (SSSR count). The van der Waals surface area contributed by atoms with Gasteiger partial charge in [-0.25, -0.2) is 0 Å². The molecule has 2 aliphatic heterocycles. The molecule has 126 valence electrons. The molecule has 1 atom stereocenters. The highest BCUT2D eigenvalue weighted by Gasteiger charge is 2.46. The molecule has 1 unspecified atom stereocenters. The van der Waals surface area contributed by atoms with Crippen LogP contribution in [0.2, 0.25) is 0 Å². The number of aromatic amines is 1. The SMILES string of the molecule is O=C1CCC(N2C(=O)c3ccc(-c4cn[nH]c4)c(O)c3C2=O)C(=O)N1. The highest BCUT2D eigenvalue weighted by atomic mass is 16.3. The maximum absolute atomic E-state index is 12.7. The largest absolute Gasteiger partial charge is 0.506 e. The highest BCUT2D eigenvalue weighted by molar-refractivity contribution is 6.25. The third-order valence-corrected chi connectivity index (χ3v) is 4.39. The Morgan fingerprint density at radius 3 is 2.56 bits per heavy atom. The van der Waals surface area contributed by atoms with Gasteiger partial charge in [0.25, 0.3) is 11.8 Å². The Labute approximate surface area is 140 Å². The van der Waals surface area contributed by atoms with Gasteiger partial charge in [0.1, 0.15) is 11.8 Å². The van der Waals surface area contributed by atoms with Gasteiger partial charge in [-0.2, -0.15) is 5.10 Å². The molecule has 1 aromatic carbocycles. The lowest BCUT2D eigenvalue weighted by atomic mass is 10.0. The first kappa shape index (κ1) is 15.1. The molecular weight excluding hydrogens is 328 g/mol. The van der Waals surface area contributed by atoms with Gasteiger partial charge in [-0.3, -0.25) is 34.5 Å². The quantitative estimate of drug-likeness (QED) is 0.668. The standard InChI is InChI=1S/C16H12N4O5/c21-11-4-3-10(14(23)19-11)20-15(24)9-2-1-8(7-5-17-18-6-7)13(22)12(9)16(20)25/h1-2,5-6,10,22H,3-4H2,(H,17,18)(H,19,21,23). The zero-order valence-corrected chi connectivity index (χ0v) is 12.8. The van der Waals surface area contributed by atoms with Crippen LogP contribution in [0.3, 0.4) is 0 Å². The van der Waals surface area contributed by atoms with Crippen molar-refractivity contribution in [2.24, 2.45) is 0 Å². The van der Waals surface area contributed by atoms with E-state index < -0.39 is 29.7 Å². The fourth-order valence-electron chi connectivity index (χ4n) is 3.17. The summed E-state index contributed by atoms with van der Waals surface area (Å²) in [4.78, 5) is 49.4. The number of benzene rings is 1. The molecule has 9 heteroatoms. The van der Waals surface area contributed by atoms with E-state index in [0.717, 1.165) is 4.90 Å². The molecule has 9 nitrogen and oxygen atoms in total. The summed E-state index contributed by atoms with van der Waals surface area (Å²) in [5.74, 6) is -2.89. The summed E-state index contributed by atoms with van der Waals surface area (Å²) in [6.45, 7) is 0. The van der Waals surface area contributed by atoms with Crippen LogP contribution in [-0.2, 0) is 9.59 Å². The average molecular weight is 340 g/mol. The summed E-state index contributed by atoms with van der Waals surface area (Å²) in [5, 5.41) is 19.0. The number of carbonyl (C=O) groups is 4. The normalized spacial score (nSPS) is 20.0. The second-order valence-electron chi connectivity index (χ2n) is 5.82. The molecular formula is C16H12N4O5. The molecule has 25 heavy (non-hydrogen) atoms. The summed E-state index contributed by atoms with van der Waals surface area (Å²) >= 11 is 0. The number of hydrogen-bond donors (Lipinski definition) is 3. The van der Waals surface area contributed by atoms with Gasteiger partial charge in [-0.1, -0.05) is 0 Å². The van der Waals surface area contributed by atoms with Crippen LogP contribution in [-0.4, -0.2) is 49.9 Å². The van der Waals surface area contributed by atoms with Crippen molar-refractivity contribution in [1.82, 2.24) is 20.4 Å². The number of phenolic OH excluding ortho intramolecular Hbond substituents is 1. The highest BCUT2D eigenvalue weighted by Crippen LogP contribution is 2.39. The van der Waals surface area contributed by atoms with Crippen molar-refractivity contribution in [1.29, 1.82) is 0 Å². The summed E-state index contributed by atoms with van der Waals surface area (Å²) in [6.07, 6.45) is 3.11. The molecule has 1 aromatic heterocycles. The van der Waals surface area contributed by atoms with Crippen LogP contribution in [0.1, 0.15) is 33.6 Å². The first-order valence-corrected chi connectivity index (χ1v) is 7.55. The van der Waals surface area contributed by atoms with Crippen molar-refractivity contribution >= 4 is 23.6 Å². The molecule has 4 amide bonds. The monoisotopic (exact) mass is 340 g/mol. The van der Waals surface area contributed by atoms with Crippen molar-refractivity contribution < 1.29 is 24.3 Å². The first-order chi connectivity index (χ1) is 12.0. The predicted molar refractivity (Wildman–Crippen MR) is 82.4 cm³/mol. The number of nitrogens with one attached hydrogen (secondary N) is 2. The van der Waals surface area contributed by atoms with Gasteiger partial charge in [-0.15, -0.1) is 0 Å². The lowest BCUT2D eigenvalue weighted by molar-refractivity contribution is -0.136. The maximum Gasteiger partial charge on any atom is 0.266 e. The Kier molecular flexibility index (Phi) is 3.17.